The Hall–Kier alpha value is -1.29. The van der Waals surface area contributed by atoms with Gasteiger partial charge < -0.3 is 15.4 Å². The van der Waals surface area contributed by atoms with Gasteiger partial charge >= 0.3 is 0 Å². The molecule has 3 rings (SSSR count). The first-order valence-electron chi connectivity index (χ1n) is 6.57. The molecule has 0 radical (unpaired) electrons. The second-order valence-corrected chi connectivity index (χ2v) is 5.45. The fourth-order valence-electron chi connectivity index (χ4n) is 3.23. The van der Waals surface area contributed by atoms with Gasteiger partial charge in [0.15, 0.2) is 0 Å². The number of ether oxygens (including phenoxy) is 1. The maximum Gasteiger partial charge on any atom is 0.149 e. The van der Waals surface area contributed by atoms with Crippen LogP contribution < -0.4 is 10.5 Å². The van der Waals surface area contributed by atoms with Crippen LogP contribution in [0.15, 0.2) is 18.2 Å². The van der Waals surface area contributed by atoms with E-state index in [1.165, 1.54) is 18.9 Å². The second kappa shape index (κ2) is 4.43. The van der Waals surface area contributed by atoms with E-state index in [1.54, 1.807) is 12.1 Å². The Balaban J connectivity index is 1.68. The van der Waals surface area contributed by atoms with Gasteiger partial charge in [0.25, 0.3) is 0 Å². The molecule has 18 heavy (non-hydrogen) atoms. The summed E-state index contributed by atoms with van der Waals surface area (Å²) in [5.74, 6) is 0.194. The number of hydrogen-bond donors (Lipinski definition) is 1. The van der Waals surface area contributed by atoms with Gasteiger partial charge in [-0.05, 0) is 44.9 Å². The van der Waals surface area contributed by atoms with Crippen molar-refractivity contribution in [2.45, 2.75) is 43.9 Å². The van der Waals surface area contributed by atoms with Crippen LogP contribution in [0.2, 0.25) is 0 Å². The first kappa shape index (κ1) is 11.8. The number of hydrogen-bond acceptors (Lipinski definition) is 3. The van der Waals surface area contributed by atoms with Crippen LogP contribution in [0.5, 0.6) is 5.75 Å². The Morgan fingerprint density at radius 3 is 2.56 bits per heavy atom. The molecule has 2 aliphatic heterocycles. The van der Waals surface area contributed by atoms with E-state index in [0.29, 0.717) is 17.8 Å². The summed E-state index contributed by atoms with van der Waals surface area (Å²) in [5, 5.41) is 0. The van der Waals surface area contributed by atoms with Crippen LogP contribution >= 0.6 is 0 Å². The molecule has 98 valence electrons. The van der Waals surface area contributed by atoms with Crippen LogP contribution in [0.1, 0.15) is 25.7 Å². The molecule has 0 spiro atoms. The molecule has 1 aromatic carbocycles. The number of nitrogens with two attached hydrogens (primary N) is 1. The standard InChI is InChI=1S/C14H19FN2O/c1-17-9-2-3-10(17)7-12(6-9)18-11-4-5-14(16)13(15)8-11/h4-5,8-10,12H,2-3,6-7,16H2,1H3/t9-,10+,12+. The van der Waals surface area contributed by atoms with Crippen molar-refractivity contribution < 1.29 is 9.13 Å². The number of piperidine rings is 1. The smallest absolute Gasteiger partial charge is 0.149 e. The normalized spacial score (nSPS) is 31.6. The fraction of sp³-hybridized carbons (Fsp3) is 0.571. The van der Waals surface area contributed by atoms with Crippen molar-refractivity contribution >= 4 is 5.69 Å². The molecule has 3 nitrogen and oxygen atoms in total. The third-order valence-corrected chi connectivity index (χ3v) is 4.33. The number of nitrogen functional groups attached to an aromatic ring is 1. The highest BCUT2D eigenvalue weighted by Gasteiger charge is 2.39. The van der Waals surface area contributed by atoms with Crippen LogP contribution in [-0.2, 0) is 0 Å². The molecule has 0 unspecified atom stereocenters. The molecular formula is C14H19FN2O. The molecule has 0 saturated carbocycles. The Labute approximate surface area is 107 Å². The lowest BCUT2D eigenvalue weighted by Gasteiger charge is -2.36. The number of halogens is 1. The lowest BCUT2D eigenvalue weighted by atomic mass is 10.0. The zero-order valence-electron chi connectivity index (χ0n) is 10.6. The van der Waals surface area contributed by atoms with E-state index < -0.39 is 5.82 Å². The molecule has 1 aromatic rings. The van der Waals surface area contributed by atoms with Gasteiger partial charge in [0.05, 0.1) is 5.69 Å². The molecular weight excluding hydrogens is 231 g/mol. The summed E-state index contributed by atoms with van der Waals surface area (Å²) in [6, 6.07) is 5.96. The summed E-state index contributed by atoms with van der Waals surface area (Å²) >= 11 is 0. The summed E-state index contributed by atoms with van der Waals surface area (Å²) in [6.45, 7) is 0. The minimum absolute atomic E-state index is 0.172. The molecule has 2 N–H and O–H groups in total. The van der Waals surface area contributed by atoms with Crippen molar-refractivity contribution in [3.05, 3.63) is 24.0 Å². The number of benzene rings is 1. The molecule has 0 amide bonds. The average Bonchev–Trinajstić information content (AvgIpc) is 2.58. The first-order chi connectivity index (χ1) is 8.63. The summed E-state index contributed by atoms with van der Waals surface area (Å²) in [7, 11) is 2.20. The van der Waals surface area contributed by atoms with Gasteiger partial charge in [-0.2, -0.15) is 0 Å². The third kappa shape index (κ3) is 2.05. The summed E-state index contributed by atoms with van der Waals surface area (Å²) in [4.78, 5) is 2.46. The second-order valence-electron chi connectivity index (χ2n) is 5.45. The topological polar surface area (TPSA) is 38.5 Å². The van der Waals surface area contributed by atoms with Gasteiger partial charge in [0, 0.05) is 18.2 Å². The summed E-state index contributed by atoms with van der Waals surface area (Å²) in [5.41, 5.74) is 5.63. The highest BCUT2D eigenvalue weighted by molar-refractivity contribution is 5.43. The Kier molecular flexibility index (Phi) is 2.90. The number of rotatable bonds is 2. The first-order valence-corrected chi connectivity index (χ1v) is 6.57. The van der Waals surface area contributed by atoms with Crippen LogP contribution in [0.4, 0.5) is 10.1 Å². The van der Waals surface area contributed by atoms with Gasteiger partial charge in [0.1, 0.15) is 17.7 Å². The Bertz CT molecular complexity index is 437. The van der Waals surface area contributed by atoms with E-state index in [9.17, 15) is 4.39 Å². The monoisotopic (exact) mass is 250 g/mol. The van der Waals surface area contributed by atoms with E-state index in [2.05, 4.69) is 11.9 Å². The van der Waals surface area contributed by atoms with Gasteiger partial charge in [-0.15, -0.1) is 0 Å². The number of fused-ring (bicyclic) bond motifs is 2. The molecule has 2 bridgehead atoms. The average molecular weight is 250 g/mol. The van der Waals surface area contributed by atoms with E-state index in [-0.39, 0.29) is 11.8 Å². The van der Waals surface area contributed by atoms with Crippen LogP contribution in [0, 0.1) is 5.82 Å². The predicted molar refractivity (Wildman–Crippen MR) is 69.0 cm³/mol. The van der Waals surface area contributed by atoms with Crippen LogP contribution in [-0.4, -0.2) is 30.1 Å². The van der Waals surface area contributed by atoms with Gasteiger partial charge in [-0.25, -0.2) is 4.39 Å². The largest absolute Gasteiger partial charge is 0.490 e. The SMILES string of the molecule is CN1[C@@H]2CC[C@H]1C[C@@H](Oc1ccc(N)c(F)c1)C2. The Morgan fingerprint density at radius 2 is 1.94 bits per heavy atom. The maximum atomic E-state index is 13.3. The predicted octanol–water partition coefficient (Wildman–Crippen LogP) is 2.41. The van der Waals surface area contributed by atoms with E-state index in [0.717, 1.165) is 12.8 Å². The molecule has 2 heterocycles. The molecule has 3 atom stereocenters. The molecule has 2 fully saturated rings. The van der Waals surface area contributed by atoms with Gasteiger partial charge in [-0.1, -0.05) is 0 Å². The Morgan fingerprint density at radius 1 is 1.28 bits per heavy atom. The van der Waals surface area contributed by atoms with Crippen molar-refractivity contribution in [3.63, 3.8) is 0 Å². The van der Waals surface area contributed by atoms with E-state index >= 15 is 0 Å². The quantitative estimate of drug-likeness (QED) is 0.819. The van der Waals surface area contributed by atoms with Crippen molar-refractivity contribution in [2.24, 2.45) is 0 Å². The van der Waals surface area contributed by atoms with Crippen molar-refractivity contribution in [1.82, 2.24) is 4.90 Å². The molecule has 0 aliphatic carbocycles. The lowest BCUT2D eigenvalue weighted by molar-refractivity contribution is 0.0660. The van der Waals surface area contributed by atoms with Crippen molar-refractivity contribution in [1.29, 1.82) is 0 Å². The number of anilines is 1. The summed E-state index contributed by atoms with van der Waals surface area (Å²) < 4.78 is 19.2. The minimum atomic E-state index is -0.400. The van der Waals surface area contributed by atoms with E-state index in [4.69, 9.17) is 10.5 Å². The van der Waals surface area contributed by atoms with E-state index in [1.807, 2.05) is 0 Å². The highest BCUT2D eigenvalue weighted by Crippen LogP contribution is 2.36. The van der Waals surface area contributed by atoms with Crippen LogP contribution in [0.25, 0.3) is 0 Å². The zero-order chi connectivity index (χ0) is 12.7. The lowest BCUT2D eigenvalue weighted by Crippen LogP contribution is -2.43. The molecule has 2 aliphatic rings. The molecule has 2 saturated heterocycles. The highest BCUT2D eigenvalue weighted by atomic mass is 19.1. The third-order valence-electron chi connectivity index (χ3n) is 4.33. The van der Waals surface area contributed by atoms with Crippen molar-refractivity contribution in [3.8, 4) is 5.75 Å². The van der Waals surface area contributed by atoms with Crippen molar-refractivity contribution in [2.75, 3.05) is 12.8 Å². The molecule has 0 aromatic heterocycles. The minimum Gasteiger partial charge on any atom is -0.490 e. The number of nitrogens with zero attached hydrogens (tertiary/aromatic N) is 1. The van der Waals surface area contributed by atoms with Gasteiger partial charge in [-0.3, -0.25) is 0 Å². The van der Waals surface area contributed by atoms with Crippen LogP contribution in [0.3, 0.4) is 0 Å². The van der Waals surface area contributed by atoms with Gasteiger partial charge in [0.2, 0.25) is 0 Å². The zero-order valence-corrected chi connectivity index (χ0v) is 10.6. The summed E-state index contributed by atoms with van der Waals surface area (Å²) in [6.07, 6.45) is 4.81. The molecule has 4 heteroatoms. The fourth-order valence-corrected chi connectivity index (χ4v) is 3.23. The maximum absolute atomic E-state index is 13.3.